The van der Waals surface area contributed by atoms with Crippen molar-refractivity contribution in [2.45, 2.75) is 0 Å². The van der Waals surface area contributed by atoms with Crippen molar-refractivity contribution in [2.75, 3.05) is 5.32 Å². The van der Waals surface area contributed by atoms with E-state index in [0.29, 0.717) is 22.4 Å². The molecule has 1 aromatic heterocycles. The first-order valence-electron chi connectivity index (χ1n) is 8.90. The lowest BCUT2D eigenvalue weighted by molar-refractivity contribution is 0.0998. The van der Waals surface area contributed by atoms with Crippen molar-refractivity contribution in [1.82, 2.24) is 9.55 Å². The standard InChI is InChI=1S/C23H15N3O2/c27-22-17-7-2-1-6-15(17)16-8-5-9-18(21(16)22)23(28)25-19-10-3-4-11-20(19)26-13-12-24-14-26/h1-14H,(H,25,28). The van der Waals surface area contributed by atoms with Crippen LogP contribution in [0.25, 0.3) is 16.8 Å². The lowest BCUT2D eigenvalue weighted by Crippen LogP contribution is -2.17. The summed E-state index contributed by atoms with van der Waals surface area (Å²) in [7, 11) is 0. The number of fused-ring (bicyclic) bond motifs is 3. The van der Waals surface area contributed by atoms with Crippen LogP contribution in [0.2, 0.25) is 0 Å². The number of hydrogen-bond donors (Lipinski definition) is 1. The van der Waals surface area contributed by atoms with Gasteiger partial charge in [-0.2, -0.15) is 0 Å². The van der Waals surface area contributed by atoms with Gasteiger partial charge in [0.25, 0.3) is 5.91 Å². The average molecular weight is 365 g/mol. The Bertz CT molecular complexity index is 1230. The second-order valence-corrected chi connectivity index (χ2v) is 6.54. The first-order chi connectivity index (χ1) is 13.7. The molecule has 1 aliphatic carbocycles. The normalized spacial score (nSPS) is 11.8. The fourth-order valence-corrected chi connectivity index (χ4v) is 3.66. The quantitative estimate of drug-likeness (QED) is 0.517. The Kier molecular flexibility index (Phi) is 3.66. The molecule has 5 rings (SSSR count). The van der Waals surface area contributed by atoms with E-state index in [2.05, 4.69) is 10.3 Å². The number of ketones is 1. The molecule has 3 aromatic carbocycles. The number of hydrogen-bond acceptors (Lipinski definition) is 3. The summed E-state index contributed by atoms with van der Waals surface area (Å²) in [5.74, 6) is -0.426. The van der Waals surface area contributed by atoms with E-state index in [4.69, 9.17) is 0 Å². The Morgan fingerprint density at radius 3 is 2.43 bits per heavy atom. The third-order valence-electron chi connectivity index (χ3n) is 4.93. The number of amides is 1. The van der Waals surface area contributed by atoms with Crippen molar-refractivity contribution in [1.29, 1.82) is 0 Å². The molecular formula is C23H15N3O2. The van der Waals surface area contributed by atoms with Crippen LogP contribution in [0.5, 0.6) is 0 Å². The van der Waals surface area contributed by atoms with Crippen molar-refractivity contribution < 1.29 is 9.59 Å². The van der Waals surface area contributed by atoms with Gasteiger partial charge >= 0.3 is 0 Å². The summed E-state index contributed by atoms with van der Waals surface area (Å²) in [5, 5.41) is 2.95. The second kappa shape index (κ2) is 6.32. The summed E-state index contributed by atoms with van der Waals surface area (Å²) in [6.07, 6.45) is 5.16. The first kappa shape index (κ1) is 16.2. The van der Waals surface area contributed by atoms with Gasteiger partial charge < -0.3 is 9.88 Å². The second-order valence-electron chi connectivity index (χ2n) is 6.54. The van der Waals surface area contributed by atoms with Crippen LogP contribution in [0.3, 0.4) is 0 Å². The monoisotopic (exact) mass is 365 g/mol. The van der Waals surface area contributed by atoms with Crippen LogP contribution in [-0.2, 0) is 0 Å². The topological polar surface area (TPSA) is 64.0 Å². The number of rotatable bonds is 3. The number of benzene rings is 3. The average Bonchev–Trinajstić information content (AvgIpc) is 3.36. The predicted octanol–water partition coefficient (Wildman–Crippen LogP) is 4.34. The number of nitrogens with zero attached hydrogens (tertiary/aromatic N) is 2. The van der Waals surface area contributed by atoms with Gasteiger partial charge in [-0.1, -0.05) is 48.5 Å². The molecule has 1 N–H and O–H groups in total. The highest BCUT2D eigenvalue weighted by Crippen LogP contribution is 2.38. The molecule has 0 atom stereocenters. The Balaban J connectivity index is 1.55. The van der Waals surface area contributed by atoms with Crippen LogP contribution in [0, 0.1) is 0 Å². The van der Waals surface area contributed by atoms with Crippen LogP contribution < -0.4 is 5.32 Å². The Labute approximate surface area is 161 Å². The smallest absolute Gasteiger partial charge is 0.256 e. The highest BCUT2D eigenvalue weighted by molar-refractivity contribution is 6.26. The van der Waals surface area contributed by atoms with E-state index in [-0.39, 0.29) is 11.7 Å². The van der Waals surface area contributed by atoms with Crippen LogP contribution >= 0.6 is 0 Å². The molecule has 1 amide bonds. The maximum absolute atomic E-state index is 13.1. The Hall–Kier alpha value is -3.99. The van der Waals surface area contributed by atoms with Gasteiger partial charge in [-0.25, -0.2) is 4.98 Å². The first-order valence-corrected chi connectivity index (χ1v) is 8.90. The molecule has 134 valence electrons. The third kappa shape index (κ3) is 2.45. The SMILES string of the molecule is O=C(Nc1ccccc1-n1ccnc1)c1cccc2c1C(=O)c1ccccc1-2. The van der Waals surface area contributed by atoms with Gasteiger partial charge in [-0.3, -0.25) is 9.59 Å². The number of aromatic nitrogens is 2. The summed E-state index contributed by atoms with van der Waals surface area (Å²) in [5.41, 5.74) is 4.59. The van der Waals surface area contributed by atoms with Crippen LogP contribution in [0.15, 0.2) is 85.5 Å². The zero-order valence-electron chi connectivity index (χ0n) is 14.8. The van der Waals surface area contributed by atoms with E-state index in [9.17, 15) is 9.59 Å². The van der Waals surface area contributed by atoms with Gasteiger partial charge in [0, 0.05) is 23.5 Å². The summed E-state index contributed by atoms with van der Waals surface area (Å²) in [4.78, 5) is 30.1. The molecule has 5 heteroatoms. The zero-order valence-corrected chi connectivity index (χ0v) is 14.8. The lowest BCUT2D eigenvalue weighted by Gasteiger charge is -2.13. The Morgan fingerprint density at radius 2 is 1.61 bits per heavy atom. The number of carbonyl (C=O) groups excluding carboxylic acids is 2. The maximum atomic E-state index is 13.1. The van der Waals surface area contributed by atoms with E-state index < -0.39 is 0 Å². The number of para-hydroxylation sites is 2. The molecule has 28 heavy (non-hydrogen) atoms. The molecule has 4 aromatic rings. The number of imidazole rings is 1. The van der Waals surface area contributed by atoms with E-state index in [1.54, 1.807) is 24.7 Å². The van der Waals surface area contributed by atoms with E-state index >= 15 is 0 Å². The Morgan fingerprint density at radius 1 is 0.857 bits per heavy atom. The molecule has 0 saturated carbocycles. The predicted molar refractivity (Wildman–Crippen MR) is 107 cm³/mol. The molecule has 5 nitrogen and oxygen atoms in total. The third-order valence-corrected chi connectivity index (χ3v) is 4.93. The van der Waals surface area contributed by atoms with Crippen molar-refractivity contribution in [3.63, 3.8) is 0 Å². The minimum atomic E-state index is -0.314. The number of carbonyl (C=O) groups is 2. The van der Waals surface area contributed by atoms with Gasteiger partial charge in [0.15, 0.2) is 5.78 Å². The zero-order chi connectivity index (χ0) is 19.1. The molecular weight excluding hydrogens is 350 g/mol. The molecule has 0 aliphatic heterocycles. The lowest BCUT2D eigenvalue weighted by atomic mass is 10.00. The van der Waals surface area contributed by atoms with Crippen LogP contribution in [0.4, 0.5) is 5.69 Å². The van der Waals surface area contributed by atoms with E-state index in [1.165, 1.54) is 0 Å². The van der Waals surface area contributed by atoms with Crippen molar-refractivity contribution in [3.8, 4) is 16.8 Å². The number of anilines is 1. The van der Waals surface area contributed by atoms with E-state index in [0.717, 1.165) is 16.8 Å². The minimum Gasteiger partial charge on any atom is -0.320 e. The van der Waals surface area contributed by atoms with Crippen molar-refractivity contribution in [2.24, 2.45) is 0 Å². The van der Waals surface area contributed by atoms with Gasteiger partial charge in [-0.05, 0) is 29.3 Å². The van der Waals surface area contributed by atoms with Crippen molar-refractivity contribution in [3.05, 3.63) is 102 Å². The summed E-state index contributed by atoms with van der Waals surface area (Å²) < 4.78 is 1.83. The molecule has 0 bridgehead atoms. The summed E-state index contributed by atoms with van der Waals surface area (Å²) in [6, 6.07) is 20.3. The highest BCUT2D eigenvalue weighted by atomic mass is 16.2. The van der Waals surface area contributed by atoms with Gasteiger partial charge in [0.2, 0.25) is 0 Å². The van der Waals surface area contributed by atoms with Gasteiger partial charge in [-0.15, -0.1) is 0 Å². The molecule has 1 aliphatic rings. The minimum absolute atomic E-state index is 0.112. The highest BCUT2D eigenvalue weighted by Gasteiger charge is 2.30. The van der Waals surface area contributed by atoms with Gasteiger partial charge in [0.1, 0.15) is 0 Å². The maximum Gasteiger partial charge on any atom is 0.256 e. The van der Waals surface area contributed by atoms with E-state index in [1.807, 2.05) is 65.4 Å². The largest absolute Gasteiger partial charge is 0.320 e. The van der Waals surface area contributed by atoms with Crippen LogP contribution in [0.1, 0.15) is 26.3 Å². The molecule has 1 heterocycles. The summed E-state index contributed by atoms with van der Waals surface area (Å²) in [6.45, 7) is 0. The fourth-order valence-electron chi connectivity index (χ4n) is 3.66. The molecule has 0 unspecified atom stereocenters. The van der Waals surface area contributed by atoms with Crippen molar-refractivity contribution >= 4 is 17.4 Å². The molecule has 0 radical (unpaired) electrons. The van der Waals surface area contributed by atoms with Gasteiger partial charge in [0.05, 0.1) is 23.3 Å². The molecule has 0 saturated heterocycles. The summed E-state index contributed by atoms with van der Waals surface area (Å²) >= 11 is 0. The molecule has 0 fully saturated rings. The number of nitrogens with one attached hydrogen (secondary N) is 1. The fraction of sp³-hybridized carbons (Fsp3) is 0. The van der Waals surface area contributed by atoms with Crippen LogP contribution in [-0.4, -0.2) is 21.2 Å². The molecule has 0 spiro atoms.